The van der Waals surface area contributed by atoms with Gasteiger partial charge in [0, 0.05) is 5.92 Å². The van der Waals surface area contributed by atoms with Gasteiger partial charge in [0.2, 0.25) is 0 Å². The molecule has 2 nitrogen and oxygen atoms in total. The molecular weight excluding hydrogens is 234 g/mol. The van der Waals surface area contributed by atoms with E-state index >= 15 is 0 Å². The molecule has 0 saturated carbocycles. The number of Topliss-reactive ketones (excluding diaryl/α,β-unsaturated/α-hetero) is 1. The number of hydrogen-bond donors (Lipinski definition) is 1. The minimum atomic E-state index is -0.402. The van der Waals surface area contributed by atoms with Crippen LogP contribution in [0.2, 0.25) is 0 Å². The van der Waals surface area contributed by atoms with Crippen LogP contribution in [0.5, 0.6) is 0 Å². The molecule has 0 amide bonds. The molecule has 0 aliphatic rings. The van der Waals surface area contributed by atoms with E-state index in [-0.39, 0.29) is 11.7 Å². The highest BCUT2D eigenvalue weighted by molar-refractivity contribution is 5.89. The monoisotopic (exact) mass is 255 g/mol. The SMILES string of the molecule is CCC(C)C(=O)C(N)Cc1cccc2ccccc12. The number of carbonyl (C=O) groups is 1. The molecule has 100 valence electrons. The van der Waals surface area contributed by atoms with Gasteiger partial charge in [-0.15, -0.1) is 0 Å². The van der Waals surface area contributed by atoms with Gasteiger partial charge < -0.3 is 5.73 Å². The van der Waals surface area contributed by atoms with Crippen molar-refractivity contribution in [2.24, 2.45) is 11.7 Å². The summed E-state index contributed by atoms with van der Waals surface area (Å²) in [6.45, 7) is 3.97. The van der Waals surface area contributed by atoms with E-state index in [1.54, 1.807) is 0 Å². The molecule has 0 spiro atoms. The van der Waals surface area contributed by atoms with E-state index in [9.17, 15) is 4.79 Å². The van der Waals surface area contributed by atoms with Crippen LogP contribution in [-0.2, 0) is 11.2 Å². The second-order valence-corrected chi connectivity index (χ2v) is 5.16. The van der Waals surface area contributed by atoms with Crippen LogP contribution in [0, 0.1) is 5.92 Å². The molecule has 0 aliphatic heterocycles. The summed E-state index contributed by atoms with van der Waals surface area (Å²) in [5, 5.41) is 2.39. The highest BCUT2D eigenvalue weighted by Crippen LogP contribution is 2.20. The fourth-order valence-electron chi connectivity index (χ4n) is 2.37. The van der Waals surface area contributed by atoms with E-state index in [2.05, 4.69) is 24.3 Å². The van der Waals surface area contributed by atoms with Gasteiger partial charge in [0.1, 0.15) is 0 Å². The Morgan fingerprint density at radius 3 is 2.58 bits per heavy atom. The number of rotatable bonds is 5. The van der Waals surface area contributed by atoms with Gasteiger partial charge in [-0.1, -0.05) is 56.3 Å². The fourth-order valence-corrected chi connectivity index (χ4v) is 2.37. The third kappa shape index (κ3) is 3.02. The zero-order valence-corrected chi connectivity index (χ0v) is 11.6. The standard InChI is InChI=1S/C17H21NO/c1-3-12(2)17(19)16(18)11-14-9-6-8-13-7-4-5-10-15(13)14/h4-10,12,16H,3,11,18H2,1-2H3. The number of hydrogen-bond acceptors (Lipinski definition) is 2. The minimum Gasteiger partial charge on any atom is -0.321 e. The lowest BCUT2D eigenvalue weighted by molar-refractivity contribution is -0.123. The third-order valence-corrected chi connectivity index (χ3v) is 3.78. The van der Waals surface area contributed by atoms with Crippen molar-refractivity contribution in [2.45, 2.75) is 32.7 Å². The number of nitrogens with two attached hydrogens (primary N) is 1. The average molecular weight is 255 g/mol. The Labute approximate surface area is 114 Å². The number of carbonyl (C=O) groups excluding carboxylic acids is 1. The normalized spacial score (nSPS) is 14.3. The molecule has 0 heterocycles. The van der Waals surface area contributed by atoms with Crippen molar-refractivity contribution in [3.05, 3.63) is 48.0 Å². The molecule has 2 rings (SSSR count). The summed E-state index contributed by atoms with van der Waals surface area (Å²) in [5.41, 5.74) is 7.22. The molecule has 2 unspecified atom stereocenters. The quantitative estimate of drug-likeness (QED) is 0.890. The van der Waals surface area contributed by atoms with Gasteiger partial charge >= 0.3 is 0 Å². The van der Waals surface area contributed by atoms with Crippen molar-refractivity contribution in [1.82, 2.24) is 0 Å². The van der Waals surface area contributed by atoms with Gasteiger partial charge in [0.25, 0.3) is 0 Å². The van der Waals surface area contributed by atoms with Gasteiger partial charge in [0.05, 0.1) is 6.04 Å². The molecule has 0 saturated heterocycles. The smallest absolute Gasteiger partial charge is 0.152 e. The Morgan fingerprint density at radius 1 is 1.16 bits per heavy atom. The van der Waals surface area contributed by atoms with Crippen LogP contribution in [0.25, 0.3) is 10.8 Å². The van der Waals surface area contributed by atoms with Crippen molar-refractivity contribution >= 4 is 16.6 Å². The molecule has 2 heteroatoms. The van der Waals surface area contributed by atoms with Crippen LogP contribution in [-0.4, -0.2) is 11.8 Å². The largest absolute Gasteiger partial charge is 0.321 e. The maximum atomic E-state index is 12.1. The van der Waals surface area contributed by atoms with E-state index < -0.39 is 6.04 Å². The van der Waals surface area contributed by atoms with Crippen molar-refractivity contribution in [1.29, 1.82) is 0 Å². The molecule has 2 aromatic carbocycles. The lowest BCUT2D eigenvalue weighted by Gasteiger charge is -2.16. The summed E-state index contributed by atoms with van der Waals surface area (Å²) in [6, 6.07) is 14.0. The summed E-state index contributed by atoms with van der Waals surface area (Å²) in [4.78, 5) is 12.1. The fraction of sp³-hybridized carbons (Fsp3) is 0.353. The summed E-state index contributed by atoms with van der Waals surface area (Å²) >= 11 is 0. The van der Waals surface area contributed by atoms with Crippen LogP contribution in [0.1, 0.15) is 25.8 Å². The summed E-state index contributed by atoms with van der Waals surface area (Å²) in [7, 11) is 0. The Morgan fingerprint density at radius 2 is 1.84 bits per heavy atom. The first-order valence-corrected chi connectivity index (χ1v) is 6.89. The molecular formula is C17H21NO. The van der Waals surface area contributed by atoms with E-state index in [1.807, 2.05) is 32.0 Å². The molecule has 0 aliphatic carbocycles. The summed E-state index contributed by atoms with van der Waals surface area (Å²) < 4.78 is 0. The van der Waals surface area contributed by atoms with Crippen molar-refractivity contribution in [2.75, 3.05) is 0 Å². The minimum absolute atomic E-state index is 0.0463. The lowest BCUT2D eigenvalue weighted by Crippen LogP contribution is -2.36. The number of benzene rings is 2. The van der Waals surface area contributed by atoms with Crippen LogP contribution >= 0.6 is 0 Å². The maximum Gasteiger partial charge on any atom is 0.152 e. The molecule has 0 bridgehead atoms. The third-order valence-electron chi connectivity index (χ3n) is 3.78. The molecule has 2 aromatic rings. The Hall–Kier alpha value is -1.67. The van der Waals surface area contributed by atoms with E-state index in [1.165, 1.54) is 10.8 Å². The second kappa shape index (κ2) is 5.98. The Kier molecular flexibility index (Phi) is 4.33. The van der Waals surface area contributed by atoms with Crippen molar-refractivity contribution in [3.63, 3.8) is 0 Å². The zero-order valence-electron chi connectivity index (χ0n) is 11.6. The molecule has 2 atom stereocenters. The van der Waals surface area contributed by atoms with Gasteiger partial charge in [-0.3, -0.25) is 4.79 Å². The maximum absolute atomic E-state index is 12.1. The number of ketones is 1. The molecule has 0 radical (unpaired) electrons. The molecule has 0 aromatic heterocycles. The van der Waals surface area contributed by atoms with E-state index in [4.69, 9.17) is 5.73 Å². The molecule has 0 fully saturated rings. The first-order chi connectivity index (χ1) is 9.13. The van der Waals surface area contributed by atoms with Gasteiger partial charge in [-0.05, 0) is 29.2 Å². The highest BCUT2D eigenvalue weighted by Gasteiger charge is 2.19. The van der Waals surface area contributed by atoms with E-state index in [0.29, 0.717) is 6.42 Å². The first kappa shape index (κ1) is 13.8. The van der Waals surface area contributed by atoms with Gasteiger partial charge in [-0.2, -0.15) is 0 Å². The Bertz CT molecular complexity index is 571. The van der Waals surface area contributed by atoms with Crippen LogP contribution in [0.3, 0.4) is 0 Å². The van der Waals surface area contributed by atoms with Crippen LogP contribution in [0.15, 0.2) is 42.5 Å². The predicted octanol–water partition coefficient (Wildman–Crippen LogP) is 3.32. The second-order valence-electron chi connectivity index (χ2n) is 5.16. The first-order valence-electron chi connectivity index (χ1n) is 6.89. The van der Waals surface area contributed by atoms with Crippen LogP contribution in [0.4, 0.5) is 0 Å². The van der Waals surface area contributed by atoms with Crippen molar-refractivity contribution in [3.8, 4) is 0 Å². The predicted molar refractivity (Wildman–Crippen MR) is 80.1 cm³/mol. The lowest BCUT2D eigenvalue weighted by atomic mass is 9.92. The highest BCUT2D eigenvalue weighted by atomic mass is 16.1. The van der Waals surface area contributed by atoms with Gasteiger partial charge in [0.15, 0.2) is 5.78 Å². The summed E-state index contributed by atoms with van der Waals surface area (Å²) in [6.07, 6.45) is 1.46. The molecule has 19 heavy (non-hydrogen) atoms. The zero-order chi connectivity index (χ0) is 13.8. The van der Waals surface area contributed by atoms with Crippen molar-refractivity contribution < 1.29 is 4.79 Å². The van der Waals surface area contributed by atoms with Gasteiger partial charge in [-0.25, -0.2) is 0 Å². The van der Waals surface area contributed by atoms with Crippen LogP contribution < -0.4 is 5.73 Å². The molecule has 2 N–H and O–H groups in total. The number of fused-ring (bicyclic) bond motifs is 1. The average Bonchev–Trinajstić information content (AvgIpc) is 2.46. The van der Waals surface area contributed by atoms with E-state index in [0.717, 1.165) is 12.0 Å². The Balaban J connectivity index is 2.24. The topological polar surface area (TPSA) is 43.1 Å². The summed E-state index contributed by atoms with van der Waals surface area (Å²) in [5.74, 6) is 0.209.